The Morgan fingerprint density at radius 1 is 1.35 bits per heavy atom. The van der Waals surface area contributed by atoms with E-state index in [2.05, 4.69) is 10.1 Å². The zero-order valence-electron chi connectivity index (χ0n) is 8.88. The Bertz CT molecular complexity index is 598. The van der Waals surface area contributed by atoms with E-state index in [4.69, 9.17) is 8.94 Å². The highest BCUT2D eigenvalue weighted by atomic mass is 32.1. The molecule has 3 heterocycles. The molecule has 17 heavy (non-hydrogen) atoms. The van der Waals surface area contributed by atoms with E-state index in [0.717, 1.165) is 5.56 Å². The van der Waals surface area contributed by atoms with Crippen LogP contribution in [0.4, 0.5) is 0 Å². The fourth-order valence-corrected chi connectivity index (χ4v) is 2.18. The van der Waals surface area contributed by atoms with Crippen LogP contribution in [-0.2, 0) is 0 Å². The Hall–Kier alpha value is -2.08. The normalized spacial score (nSPS) is 10.9. The van der Waals surface area contributed by atoms with Crippen LogP contribution in [-0.4, -0.2) is 15.2 Å². The SMILES string of the molecule is Cc1ccoc1-c1noc(-c2sccc2O)n1. The quantitative estimate of drug-likeness (QED) is 0.754. The third-order valence-corrected chi connectivity index (χ3v) is 3.22. The van der Waals surface area contributed by atoms with Crippen molar-refractivity contribution in [1.29, 1.82) is 0 Å². The summed E-state index contributed by atoms with van der Waals surface area (Å²) >= 11 is 1.34. The van der Waals surface area contributed by atoms with Crippen LogP contribution in [0.1, 0.15) is 5.56 Å². The molecule has 3 aromatic heterocycles. The first-order valence-electron chi connectivity index (χ1n) is 4.90. The molecule has 0 aromatic carbocycles. The van der Waals surface area contributed by atoms with Crippen LogP contribution in [0.25, 0.3) is 22.4 Å². The summed E-state index contributed by atoms with van der Waals surface area (Å²) in [4.78, 5) is 4.76. The van der Waals surface area contributed by atoms with Gasteiger partial charge in [-0.15, -0.1) is 11.3 Å². The van der Waals surface area contributed by atoms with Crippen molar-refractivity contribution in [3.8, 4) is 28.1 Å². The van der Waals surface area contributed by atoms with Gasteiger partial charge in [0.25, 0.3) is 5.89 Å². The molecule has 6 heteroatoms. The summed E-state index contributed by atoms with van der Waals surface area (Å²) in [6.07, 6.45) is 1.57. The van der Waals surface area contributed by atoms with Crippen LogP contribution in [0.3, 0.4) is 0 Å². The molecule has 86 valence electrons. The zero-order chi connectivity index (χ0) is 11.8. The topological polar surface area (TPSA) is 72.3 Å². The summed E-state index contributed by atoms with van der Waals surface area (Å²) < 4.78 is 10.4. The maximum Gasteiger partial charge on any atom is 0.272 e. The van der Waals surface area contributed by atoms with Gasteiger partial charge in [-0.1, -0.05) is 5.16 Å². The lowest BCUT2D eigenvalue weighted by Gasteiger charge is -1.89. The van der Waals surface area contributed by atoms with Crippen molar-refractivity contribution >= 4 is 11.3 Å². The molecule has 0 spiro atoms. The number of rotatable bonds is 2. The van der Waals surface area contributed by atoms with E-state index < -0.39 is 0 Å². The van der Waals surface area contributed by atoms with Crippen molar-refractivity contribution in [1.82, 2.24) is 10.1 Å². The Morgan fingerprint density at radius 3 is 2.88 bits per heavy atom. The lowest BCUT2D eigenvalue weighted by Crippen LogP contribution is -1.79. The molecular weight excluding hydrogens is 240 g/mol. The maximum absolute atomic E-state index is 9.56. The minimum Gasteiger partial charge on any atom is -0.506 e. The third kappa shape index (κ3) is 1.62. The van der Waals surface area contributed by atoms with Gasteiger partial charge in [-0.2, -0.15) is 4.98 Å². The predicted molar refractivity (Wildman–Crippen MR) is 61.7 cm³/mol. The Balaban J connectivity index is 2.05. The van der Waals surface area contributed by atoms with Gasteiger partial charge in [-0.05, 0) is 30.0 Å². The van der Waals surface area contributed by atoms with Crippen LogP contribution in [0.5, 0.6) is 5.75 Å². The molecule has 0 unspecified atom stereocenters. The highest BCUT2D eigenvalue weighted by Crippen LogP contribution is 2.34. The number of thiophene rings is 1. The van der Waals surface area contributed by atoms with Gasteiger partial charge < -0.3 is 14.0 Å². The van der Waals surface area contributed by atoms with Crippen LogP contribution in [0, 0.1) is 6.92 Å². The number of nitrogens with zero attached hydrogens (tertiary/aromatic N) is 2. The van der Waals surface area contributed by atoms with E-state index in [0.29, 0.717) is 22.4 Å². The van der Waals surface area contributed by atoms with E-state index in [-0.39, 0.29) is 5.75 Å². The minimum absolute atomic E-state index is 0.140. The van der Waals surface area contributed by atoms with Gasteiger partial charge in [0.15, 0.2) is 5.76 Å². The summed E-state index contributed by atoms with van der Waals surface area (Å²) in [6.45, 7) is 1.90. The molecule has 0 saturated carbocycles. The average Bonchev–Trinajstić information content (AvgIpc) is 2.97. The average molecular weight is 248 g/mol. The molecular formula is C11H8N2O3S. The molecule has 0 fully saturated rings. The van der Waals surface area contributed by atoms with Crippen molar-refractivity contribution in [3.63, 3.8) is 0 Å². The summed E-state index contributed by atoms with van der Waals surface area (Å²) in [5.74, 6) is 1.40. The summed E-state index contributed by atoms with van der Waals surface area (Å²) in [5.41, 5.74) is 0.938. The first-order valence-corrected chi connectivity index (χ1v) is 5.78. The van der Waals surface area contributed by atoms with Crippen molar-refractivity contribution in [3.05, 3.63) is 29.3 Å². The number of hydrogen-bond donors (Lipinski definition) is 1. The van der Waals surface area contributed by atoms with Crippen molar-refractivity contribution in [2.75, 3.05) is 0 Å². The van der Waals surface area contributed by atoms with Gasteiger partial charge in [0.05, 0.1) is 6.26 Å². The predicted octanol–water partition coefficient (Wildman–Crippen LogP) is 3.07. The number of hydrogen-bond acceptors (Lipinski definition) is 6. The molecule has 0 amide bonds. The van der Waals surface area contributed by atoms with Crippen molar-refractivity contribution in [2.45, 2.75) is 6.92 Å². The Labute approximate surface area is 100 Å². The molecule has 3 aromatic rings. The van der Waals surface area contributed by atoms with Gasteiger partial charge in [0.2, 0.25) is 5.82 Å². The van der Waals surface area contributed by atoms with Gasteiger partial charge in [-0.25, -0.2) is 0 Å². The number of aromatic nitrogens is 2. The summed E-state index contributed by atoms with van der Waals surface area (Å²) in [6, 6.07) is 3.41. The molecule has 0 aliphatic heterocycles. The number of aromatic hydroxyl groups is 1. The zero-order valence-corrected chi connectivity index (χ0v) is 9.69. The van der Waals surface area contributed by atoms with E-state index >= 15 is 0 Å². The molecule has 1 N–H and O–H groups in total. The lowest BCUT2D eigenvalue weighted by atomic mass is 10.3. The standard InChI is InChI=1S/C11H8N2O3S/c1-6-2-4-15-8(6)10-12-11(16-13-10)9-7(14)3-5-17-9/h2-5,14H,1H3. The monoisotopic (exact) mass is 248 g/mol. The van der Waals surface area contributed by atoms with E-state index in [1.54, 1.807) is 17.7 Å². The second-order valence-corrected chi connectivity index (χ2v) is 4.41. The second-order valence-electron chi connectivity index (χ2n) is 3.49. The van der Waals surface area contributed by atoms with Gasteiger partial charge in [0.1, 0.15) is 10.6 Å². The lowest BCUT2D eigenvalue weighted by molar-refractivity contribution is 0.425. The summed E-state index contributed by atoms with van der Waals surface area (Å²) in [5, 5.41) is 15.1. The maximum atomic E-state index is 9.56. The first kappa shape index (κ1) is 10.1. The fourth-order valence-electron chi connectivity index (χ4n) is 1.47. The minimum atomic E-state index is 0.140. The number of furan rings is 1. The number of aryl methyl sites for hydroxylation is 1. The highest BCUT2D eigenvalue weighted by Gasteiger charge is 2.17. The van der Waals surface area contributed by atoms with Gasteiger partial charge in [-0.3, -0.25) is 0 Å². The largest absolute Gasteiger partial charge is 0.506 e. The van der Waals surface area contributed by atoms with E-state index in [1.165, 1.54) is 11.3 Å². The Morgan fingerprint density at radius 2 is 2.24 bits per heavy atom. The highest BCUT2D eigenvalue weighted by molar-refractivity contribution is 7.13. The van der Waals surface area contributed by atoms with Gasteiger partial charge in [0, 0.05) is 0 Å². The van der Waals surface area contributed by atoms with Crippen LogP contribution in [0.2, 0.25) is 0 Å². The molecule has 5 nitrogen and oxygen atoms in total. The molecule has 0 atom stereocenters. The molecule has 3 rings (SSSR count). The molecule has 0 radical (unpaired) electrons. The van der Waals surface area contributed by atoms with Crippen LogP contribution in [0.15, 0.2) is 32.7 Å². The smallest absolute Gasteiger partial charge is 0.272 e. The first-order chi connectivity index (χ1) is 8.25. The van der Waals surface area contributed by atoms with E-state index in [1.807, 2.05) is 13.0 Å². The fraction of sp³-hybridized carbons (Fsp3) is 0.0909. The van der Waals surface area contributed by atoms with Crippen molar-refractivity contribution < 1.29 is 14.0 Å². The third-order valence-electron chi connectivity index (χ3n) is 2.33. The van der Waals surface area contributed by atoms with Crippen LogP contribution >= 0.6 is 11.3 Å². The Kier molecular flexibility index (Phi) is 2.22. The molecule has 0 saturated heterocycles. The van der Waals surface area contributed by atoms with Crippen molar-refractivity contribution in [2.24, 2.45) is 0 Å². The molecule has 0 aliphatic rings. The second kappa shape index (κ2) is 3.74. The van der Waals surface area contributed by atoms with Crippen LogP contribution < -0.4 is 0 Å². The van der Waals surface area contributed by atoms with Gasteiger partial charge >= 0.3 is 0 Å². The molecule has 0 bridgehead atoms. The summed E-state index contributed by atoms with van der Waals surface area (Å²) in [7, 11) is 0. The van der Waals surface area contributed by atoms with E-state index in [9.17, 15) is 5.11 Å². The molecule has 0 aliphatic carbocycles.